The van der Waals surface area contributed by atoms with Crippen molar-refractivity contribution < 1.29 is 0 Å². The zero-order valence-electron chi connectivity index (χ0n) is 7.80. The first-order valence-corrected chi connectivity index (χ1v) is 6.56. The molecular formula is C9H6BrCl2N3S. The maximum absolute atomic E-state index is 6.08. The Morgan fingerprint density at radius 3 is 2.69 bits per heavy atom. The van der Waals surface area contributed by atoms with E-state index >= 15 is 0 Å². The fourth-order valence-corrected chi connectivity index (χ4v) is 2.50. The second-order valence-electron chi connectivity index (χ2n) is 2.92. The van der Waals surface area contributed by atoms with Gasteiger partial charge in [-0.3, -0.25) is 0 Å². The number of thiazole rings is 1. The van der Waals surface area contributed by atoms with E-state index < -0.39 is 0 Å². The molecule has 7 heteroatoms. The number of nitrogens with two attached hydrogens (primary N) is 1. The van der Waals surface area contributed by atoms with Crippen LogP contribution in [0.5, 0.6) is 0 Å². The normalized spacial score (nSPS) is 10.4. The summed E-state index contributed by atoms with van der Waals surface area (Å²) >= 11 is 16.7. The number of nitrogens with zero attached hydrogens (tertiary/aromatic N) is 1. The van der Waals surface area contributed by atoms with Gasteiger partial charge in [-0.25, -0.2) is 4.98 Å². The van der Waals surface area contributed by atoms with Crippen molar-refractivity contribution in [3.8, 4) is 0 Å². The molecule has 3 N–H and O–H groups in total. The SMILES string of the molecule is Nc1cnc(Nc2ccc(Br)c(Cl)c2Cl)s1. The predicted molar refractivity (Wildman–Crippen MR) is 74.0 cm³/mol. The first-order valence-electron chi connectivity index (χ1n) is 4.20. The molecule has 3 nitrogen and oxygen atoms in total. The molecule has 16 heavy (non-hydrogen) atoms. The van der Waals surface area contributed by atoms with E-state index in [4.69, 9.17) is 28.9 Å². The van der Waals surface area contributed by atoms with E-state index in [0.717, 1.165) is 4.47 Å². The molecule has 0 unspecified atom stereocenters. The Hall–Kier alpha value is -0.490. The molecular weight excluding hydrogens is 333 g/mol. The molecule has 0 aliphatic rings. The van der Waals surface area contributed by atoms with Crippen LogP contribution in [0.3, 0.4) is 0 Å². The average molecular weight is 339 g/mol. The highest BCUT2D eigenvalue weighted by molar-refractivity contribution is 9.10. The quantitative estimate of drug-likeness (QED) is 0.790. The lowest BCUT2D eigenvalue weighted by atomic mass is 10.3. The van der Waals surface area contributed by atoms with Crippen LogP contribution in [0.1, 0.15) is 0 Å². The second-order valence-corrected chi connectivity index (χ2v) is 5.59. The molecule has 0 saturated heterocycles. The number of anilines is 3. The van der Waals surface area contributed by atoms with Crippen LogP contribution in [-0.4, -0.2) is 4.98 Å². The van der Waals surface area contributed by atoms with Crippen LogP contribution in [0.2, 0.25) is 10.0 Å². The molecule has 1 aromatic heterocycles. The lowest BCUT2D eigenvalue weighted by Gasteiger charge is -2.07. The number of benzene rings is 1. The third-order valence-electron chi connectivity index (χ3n) is 1.80. The van der Waals surface area contributed by atoms with Crippen LogP contribution in [0.15, 0.2) is 22.8 Å². The van der Waals surface area contributed by atoms with Gasteiger partial charge in [0.25, 0.3) is 0 Å². The van der Waals surface area contributed by atoms with Crippen molar-refractivity contribution in [1.29, 1.82) is 0 Å². The van der Waals surface area contributed by atoms with Gasteiger partial charge in [0.1, 0.15) is 5.00 Å². The number of halogens is 3. The third kappa shape index (κ3) is 2.43. The highest BCUT2D eigenvalue weighted by Gasteiger charge is 2.09. The van der Waals surface area contributed by atoms with Gasteiger partial charge < -0.3 is 11.1 Å². The lowest BCUT2D eigenvalue weighted by molar-refractivity contribution is 1.39. The molecule has 0 amide bonds. The Kier molecular flexibility index (Phi) is 3.59. The first-order chi connectivity index (χ1) is 7.58. The topological polar surface area (TPSA) is 50.9 Å². The number of hydrogen-bond donors (Lipinski definition) is 2. The summed E-state index contributed by atoms with van der Waals surface area (Å²) in [6.45, 7) is 0. The summed E-state index contributed by atoms with van der Waals surface area (Å²) in [7, 11) is 0. The van der Waals surface area contributed by atoms with E-state index in [1.165, 1.54) is 11.3 Å². The monoisotopic (exact) mass is 337 g/mol. The van der Waals surface area contributed by atoms with Gasteiger partial charge in [-0.2, -0.15) is 0 Å². The van der Waals surface area contributed by atoms with E-state index in [-0.39, 0.29) is 0 Å². The second kappa shape index (κ2) is 4.79. The predicted octanol–water partition coefficient (Wildman–Crippen LogP) is 4.54. The van der Waals surface area contributed by atoms with Crippen LogP contribution < -0.4 is 11.1 Å². The number of hydrogen-bond acceptors (Lipinski definition) is 4. The molecule has 0 aliphatic carbocycles. The summed E-state index contributed by atoms with van der Waals surface area (Å²) in [5.74, 6) is 0. The zero-order valence-corrected chi connectivity index (χ0v) is 11.7. The van der Waals surface area contributed by atoms with Gasteiger partial charge in [0.05, 0.1) is 21.9 Å². The minimum atomic E-state index is 0.449. The van der Waals surface area contributed by atoms with Gasteiger partial charge in [0.2, 0.25) is 0 Å². The number of nitrogen functional groups attached to an aromatic ring is 1. The van der Waals surface area contributed by atoms with Crippen LogP contribution in [-0.2, 0) is 0 Å². The van der Waals surface area contributed by atoms with Crippen LogP contribution >= 0.6 is 50.5 Å². The molecule has 2 rings (SSSR count). The molecule has 0 spiro atoms. The molecule has 2 aromatic rings. The Labute approximate surface area is 115 Å². The Balaban J connectivity index is 2.32. The minimum absolute atomic E-state index is 0.449. The minimum Gasteiger partial charge on any atom is -0.389 e. The van der Waals surface area contributed by atoms with E-state index in [2.05, 4.69) is 26.2 Å². The summed E-state index contributed by atoms with van der Waals surface area (Å²) < 4.78 is 0.753. The van der Waals surface area contributed by atoms with Gasteiger partial charge in [-0.1, -0.05) is 34.5 Å². The molecule has 0 aliphatic heterocycles. The molecule has 0 bridgehead atoms. The van der Waals surface area contributed by atoms with Crippen molar-refractivity contribution >= 4 is 66.3 Å². The maximum Gasteiger partial charge on any atom is 0.189 e. The average Bonchev–Trinajstić information content (AvgIpc) is 2.65. The number of rotatable bonds is 2. The summed E-state index contributed by atoms with van der Waals surface area (Å²) in [6, 6.07) is 3.63. The zero-order chi connectivity index (χ0) is 11.7. The Morgan fingerprint density at radius 1 is 1.31 bits per heavy atom. The largest absolute Gasteiger partial charge is 0.389 e. The van der Waals surface area contributed by atoms with Crippen molar-refractivity contribution in [2.45, 2.75) is 0 Å². The summed E-state index contributed by atoms with van der Waals surface area (Å²) in [4.78, 5) is 4.07. The molecule has 0 fully saturated rings. The van der Waals surface area contributed by atoms with Gasteiger partial charge >= 0.3 is 0 Å². The van der Waals surface area contributed by atoms with Crippen LogP contribution in [0.4, 0.5) is 15.8 Å². The Morgan fingerprint density at radius 2 is 2.06 bits per heavy atom. The van der Waals surface area contributed by atoms with Gasteiger partial charge in [-0.15, -0.1) is 0 Å². The van der Waals surface area contributed by atoms with E-state index in [1.807, 2.05) is 12.1 Å². The van der Waals surface area contributed by atoms with E-state index in [1.54, 1.807) is 6.20 Å². The molecule has 1 aromatic carbocycles. The lowest BCUT2D eigenvalue weighted by Crippen LogP contribution is -1.90. The Bertz CT molecular complexity index is 529. The van der Waals surface area contributed by atoms with E-state index in [9.17, 15) is 0 Å². The highest BCUT2D eigenvalue weighted by Crippen LogP contribution is 2.37. The van der Waals surface area contributed by atoms with Crippen molar-refractivity contribution in [3.63, 3.8) is 0 Å². The smallest absolute Gasteiger partial charge is 0.189 e. The van der Waals surface area contributed by atoms with Crippen LogP contribution in [0.25, 0.3) is 0 Å². The third-order valence-corrected chi connectivity index (χ3v) is 4.31. The maximum atomic E-state index is 6.08. The summed E-state index contributed by atoms with van der Waals surface area (Å²) in [5, 5.41) is 5.29. The fraction of sp³-hybridized carbons (Fsp3) is 0. The van der Waals surface area contributed by atoms with Gasteiger partial charge in [-0.05, 0) is 28.1 Å². The van der Waals surface area contributed by atoms with Crippen LogP contribution in [0, 0.1) is 0 Å². The molecule has 1 heterocycles. The molecule has 0 radical (unpaired) electrons. The fourth-order valence-electron chi connectivity index (χ4n) is 1.08. The molecule has 84 valence electrons. The van der Waals surface area contributed by atoms with Gasteiger partial charge in [0, 0.05) is 4.47 Å². The first kappa shape index (κ1) is 12.0. The molecule has 0 atom stereocenters. The number of nitrogens with one attached hydrogen (secondary N) is 1. The van der Waals surface area contributed by atoms with Crippen molar-refractivity contribution in [2.75, 3.05) is 11.1 Å². The standard InChI is InChI=1S/C9H6BrCl2N3S/c10-4-1-2-5(8(12)7(4)11)15-9-14-3-6(13)16-9/h1-3H,13H2,(H,14,15). The van der Waals surface area contributed by atoms with Crippen molar-refractivity contribution in [2.24, 2.45) is 0 Å². The molecule has 0 saturated carbocycles. The van der Waals surface area contributed by atoms with Crippen molar-refractivity contribution in [3.05, 3.63) is 32.8 Å². The van der Waals surface area contributed by atoms with E-state index in [0.29, 0.717) is 25.9 Å². The number of aromatic nitrogens is 1. The highest BCUT2D eigenvalue weighted by atomic mass is 79.9. The summed E-state index contributed by atoms with van der Waals surface area (Å²) in [5.41, 5.74) is 6.27. The van der Waals surface area contributed by atoms with Crippen molar-refractivity contribution in [1.82, 2.24) is 4.98 Å². The summed E-state index contributed by atoms with van der Waals surface area (Å²) in [6.07, 6.45) is 1.58. The van der Waals surface area contributed by atoms with Gasteiger partial charge in [0.15, 0.2) is 5.13 Å².